The Hall–Kier alpha value is -1.71. The molecule has 0 saturated heterocycles. The highest BCUT2D eigenvalue weighted by atomic mass is 16.4. The zero-order valence-electron chi connectivity index (χ0n) is 16.6. The molecule has 2 saturated carbocycles. The van der Waals surface area contributed by atoms with E-state index in [-0.39, 0.29) is 28.8 Å². The number of fused-ring (bicyclic) bond motifs is 5. The fourth-order valence-electron chi connectivity index (χ4n) is 7.38. The van der Waals surface area contributed by atoms with E-state index in [0.717, 1.165) is 25.7 Å². The van der Waals surface area contributed by atoms with Crippen molar-refractivity contribution in [3.05, 3.63) is 23.8 Å². The SMILES string of the molecule is CC(=O)[C@@]1(CC(=O)O)CC[C@H]2[C@@H]3C=CC4=CC(=O)CC[C@]4(C)[C@H]3CC[C@@]21C. The maximum absolute atomic E-state index is 12.7. The van der Waals surface area contributed by atoms with Gasteiger partial charge in [-0.25, -0.2) is 0 Å². The molecule has 0 aromatic heterocycles. The molecule has 0 aromatic rings. The van der Waals surface area contributed by atoms with Gasteiger partial charge in [0.2, 0.25) is 0 Å². The van der Waals surface area contributed by atoms with Gasteiger partial charge in [0.25, 0.3) is 0 Å². The van der Waals surface area contributed by atoms with E-state index in [0.29, 0.717) is 30.6 Å². The van der Waals surface area contributed by atoms with Crippen LogP contribution < -0.4 is 0 Å². The first-order chi connectivity index (χ1) is 12.6. The molecule has 0 bridgehead atoms. The zero-order chi connectivity index (χ0) is 19.6. The summed E-state index contributed by atoms with van der Waals surface area (Å²) < 4.78 is 0. The molecule has 146 valence electrons. The van der Waals surface area contributed by atoms with Crippen molar-refractivity contribution in [2.75, 3.05) is 0 Å². The third kappa shape index (κ3) is 2.37. The number of Topliss-reactive ketones (excluding diaryl/α,β-unsaturated/α-hetero) is 1. The number of aliphatic carboxylic acids is 1. The predicted octanol–water partition coefficient (Wildman–Crippen LogP) is 4.34. The molecule has 0 heterocycles. The summed E-state index contributed by atoms with van der Waals surface area (Å²) in [6.45, 7) is 6.07. The van der Waals surface area contributed by atoms with Crippen molar-refractivity contribution in [3.8, 4) is 0 Å². The molecule has 4 nitrogen and oxygen atoms in total. The Labute approximate surface area is 161 Å². The molecule has 4 aliphatic carbocycles. The number of hydrogen-bond donors (Lipinski definition) is 1. The summed E-state index contributed by atoms with van der Waals surface area (Å²) in [5.41, 5.74) is 0.209. The Morgan fingerprint density at radius 3 is 2.52 bits per heavy atom. The van der Waals surface area contributed by atoms with Gasteiger partial charge in [-0.3, -0.25) is 14.4 Å². The van der Waals surface area contributed by atoms with E-state index < -0.39 is 11.4 Å². The minimum absolute atomic E-state index is 0.0307. The fourth-order valence-corrected chi connectivity index (χ4v) is 7.38. The maximum Gasteiger partial charge on any atom is 0.304 e. The lowest BCUT2D eigenvalue weighted by atomic mass is 9.46. The van der Waals surface area contributed by atoms with Gasteiger partial charge in [-0.05, 0) is 79.3 Å². The molecule has 4 rings (SSSR count). The largest absolute Gasteiger partial charge is 0.481 e. The van der Waals surface area contributed by atoms with Crippen molar-refractivity contribution >= 4 is 17.5 Å². The van der Waals surface area contributed by atoms with Gasteiger partial charge in [-0.15, -0.1) is 0 Å². The smallest absolute Gasteiger partial charge is 0.304 e. The van der Waals surface area contributed by atoms with Crippen LogP contribution in [-0.2, 0) is 14.4 Å². The summed E-state index contributed by atoms with van der Waals surface area (Å²) in [7, 11) is 0. The normalized spacial score (nSPS) is 45.5. The van der Waals surface area contributed by atoms with E-state index in [2.05, 4.69) is 26.0 Å². The van der Waals surface area contributed by atoms with Crippen molar-refractivity contribution in [3.63, 3.8) is 0 Å². The van der Waals surface area contributed by atoms with Gasteiger partial charge in [0.1, 0.15) is 5.78 Å². The molecule has 4 aliphatic rings. The lowest BCUT2D eigenvalue weighted by Gasteiger charge is -2.57. The molecule has 0 unspecified atom stereocenters. The van der Waals surface area contributed by atoms with E-state index in [1.165, 1.54) is 5.57 Å². The Balaban J connectivity index is 1.75. The molecule has 0 amide bonds. The number of allylic oxidation sites excluding steroid dienone is 4. The zero-order valence-corrected chi connectivity index (χ0v) is 16.6. The van der Waals surface area contributed by atoms with Crippen molar-refractivity contribution in [1.82, 2.24) is 0 Å². The number of carbonyl (C=O) groups is 3. The van der Waals surface area contributed by atoms with Crippen LogP contribution in [0.1, 0.15) is 65.7 Å². The van der Waals surface area contributed by atoms with Crippen LogP contribution in [0, 0.1) is 34.0 Å². The van der Waals surface area contributed by atoms with Crippen LogP contribution in [0.5, 0.6) is 0 Å². The standard InChI is InChI=1S/C23H30O4/c1-14(24)23(13-20(26)27)11-8-19-17-5-4-15-12-16(25)6-9-21(15,2)18(17)7-10-22(19,23)3/h4-5,12,17-19H,6-11,13H2,1-3H3,(H,26,27)/t17-,18+,19+,21+,22+,23+/m1/s1. The third-order valence-corrected chi connectivity index (χ3v) is 9.01. The van der Waals surface area contributed by atoms with Crippen LogP contribution in [0.4, 0.5) is 0 Å². The topological polar surface area (TPSA) is 71.4 Å². The van der Waals surface area contributed by atoms with Crippen LogP contribution in [-0.4, -0.2) is 22.6 Å². The first kappa shape index (κ1) is 18.6. The van der Waals surface area contributed by atoms with Crippen molar-refractivity contribution in [2.45, 2.75) is 65.7 Å². The van der Waals surface area contributed by atoms with E-state index >= 15 is 0 Å². The highest BCUT2D eigenvalue weighted by Gasteiger charge is 2.65. The molecule has 1 N–H and O–H groups in total. The van der Waals surface area contributed by atoms with Gasteiger partial charge in [0, 0.05) is 11.8 Å². The summed E-state index contributed by atoms with van der Waals surface area (Å²) >= 11 is 0. The monoisotopic (exact) mass is 370 g/mol. The number of hydrogen-bond acceptors (Lipinski definition) is 3. The van der Waals surface area contributed by atoms with Gasteiger partial charge in [0.15, 0.2) is 5.78 Å². The molecule has 6 atom stereocenters. The van der Waals surface area contributed by atoms with Gasteiger partial charge >= 0.3 is 5.97 Å². The Morgan fingerprint density at radius 1 is 1.15 bits per heavy atom. The molecule has 0 aromatic carbocycles. The van der Waals surface area contributed by atoms with E-state index in [9.17, 15) is 19.5 Å². The minimum Gasteiger partial charge on any atom is -0.481 e. The maximum atomic E-state index is 12.7. The van der Waals surface area contributed by atoms with Crippen LogP contribution in [0.15, 0.2) is 23.8 Å². The Bertz CT molecular complexity index is 777. The summed E-state index contributed by atoms with van der Waals surface area (Å²) in [5, 5.41) is 9.54. The molecular formula is C23H30O4. The van der Waals surface area contributed by atoms with Crippen LogP contribution >= 0.6 is 0 Å². The van der Waals surface area contributed by atoms with Gasteiger partial charge < -0.3 is 5.11 Å². The average molecular weight is 370 g/mol. The fraction of sp³-hybridized carbons (Fsp3) is 0.696. The van der Waals surface area contributed by atoms with Gasteiger partial charge in [0.05, 0.1) is 6.42 Å². The number of carbonyl (C=O) groups excluding carboxylic acids is 2. The third-order valence-electron chi connectivity index (χ3n) is 9.01. The second-order valence-corrected chi connectivity index (χ2v) is 9.84. The summed E-state index contributed by atoms with van der Waals surface area (Å²) in [4.78, 5) is 36.3. The van der Waals surface area contributed by atoms with Gasteiger partial charge in [-0.1, -0.05) is 26.0 Å². The summed E-state index contributed by atoms with van der Waals surface area (Å²) in [6, 6.07) is 0. The average Bonchev–Trinajstić information content (AvgIpc) is 2.89. The number of carboxylic acids is 1. The molecule has 4 heteroatoms. The van der Waals surface area contributed by atoms with Crippen molar-refractivity contribution in [2.24, 2.45) is 34.0 Å². The Kier molecular flexibility index (Phi) is 4.07. The second-order valence-electron chi connectivity index (χ2n) is 9.84. The lowest BCUT2D eigenvalue weighted by molar-refractivity contribution is -0.153. The van der Waals surface area contributed by atoms with Crippen LogP contribution in [0.25, 0.3) is 0 Å². The first-order valence-corrected chi connectivity index (χ1v) is 10.3. The van der Waals surface area contributed by atoms with E-state index in [1.807, 2.05) is 6.08 Å². The van der Waals surface area contributed by atoms with Crippen molar-refractivity contribution < 1.29 is 19.5 Å². The molecule has 0 spiro atoms. The number of rotatable bonds is 3. The minimum atomic E-state index is -0.864. The molecule has 0 radical (unpaired) electrons. The van der Waals surface area contributed by atoms with Gasteiger partial charge in [-0.2, -0.15) is 0 Å². The first-order valence-electron chi connectivity index (χ1n) is 10.3. The highest BCUT2D eigenvalue weighted by molar-refractivity contribution is 5.92. The predicted molar refractivity (Wildman–Crippen MR) is 102 cm³/mol. The highest BCUT2D eigenvalue weighted by Crippen LogP contribution is 2.69. The summed E-state index contributed by atoms with van der Waals surface area (Å²) in [5.74, 6) is 0.595. The molecule has 0 aliphatic heterocycles. The van der Waals surface area contributed by atoms with E-state index in [4.69, 9.17) is 0 Å². The molecule has 27 heavy (non-hydrogen) atoms. The quantitative estimate of drug-likeness (QED) is 0.802. The molecule has 2 fully saturated rings. The van der Waals surface area contributed by atoms with Crippen LogP contribution in [0.3, 0.4) is 0 Å². The second kappa shape index (κ2) is 5.89. The van der Waals surface area contributed by atoms with Crippen LogP contribution in [0.2, 0.25) is 0 Å². The molecular weight excluding hydrogens is 340 g/mol. The lowest BCUT2D eigenvalue weighted by Crippen LogP contribution is -2.53. The number of ketones is 2. The Morgan fingerprint density at radius 2 is 1.85 bits per heavy atom. The van der Waals surface area contributed by atoms with E-state index in [1.54, 1.807) is 6.92 Å². The summed E-state index contributed by atoms with van der Waals surface area (Å²) in [6.07, 6.45) is 11.2. The van der Waals surface area contributed by atoms with Crippen molar-refractivity contribution in [1.29, 1.82) is 0 Å². The number of carboxylic acid groups (broad SMARTS) is 1.